The molecule has 0 heterocycles. The highest BCUT2D eigenvalue weighted by Crippen LogP contribution is 2.35. The summed E-state index contributed by atoms with van der Waals surface area (Å²) in [6, 6.07) is 5.77. The SMILES string of the molecule is COc1ccc(C(F)(F)F)cc1NC(=O)c1ccc(C(F)(F)F)cc1. The lowest BCUT2D eigenvalue weighted by molar-refractivity contribution is -0.138. The van der Waals surface area contributed by atoms with Gasteiger partial charge in [0.25, 0.3) is 5.91 Å². The molecule has 0 unspecified atom stereocenters. The number of ether oxygens (including phenoxy) is 1. The van der Waals surface area contributed by atoms with Crippen LogP contribution in [0, 0.1) is 0 Å². The molecule has 3 nitrogen and oxygen atoms in total. The summed E-state index contributed by atoms with van der Waals surface area (Å²) in [6.07, 6.45) is -9.18. The molecule has 2 rings (SSSR count). The van der Waals surface area contributed by atoms with Gasteiger partial charge in [-0.3, -0.25) is 4.79 Å². The van der Waals surface area contributed by atoms with Gasteiger partial charge in [-0.2, -0.15) is 26.3 Å². The minimum absolute atomic E-state index is 0.0201. The molecular formula is C16H11F6NO2. The van der Waals surface area contributed by atoms with Crippen molar-refractivity contribution < 1.29 is 35.9 Å². The molecule has 9 heteroatoms. The number of hydrogen-bond acceptors (Lipinski definition) is 2. The van der Waals surface area contributed by atoms with Gasteiger partial charge in [0.1, 0.15) is 5.75 Å². The van der Waals surface area contributed by atoms with Crippen LogP contribution >= 0.6 is 0 Å². The fraction of sp³-hybridized carbons (Fsp3) is 0.188. The summed E-state index contributed by atoms with van der Waals surface area (Å²) in [4.78, 5) is 12.1. The summed E-state index contributed by atoms with van der Waals surface area (Å²) in [7, 11) is 1.20. The smallest absolute Gasteiger partial charge is 0.416 e. The lowest BCUT2D eigenvalue weighted by Crippen LogP contribution is -2.14. The fourth-order valence-electron chi connectivity index (χ4n) is 1.99. The van der Waals surface area contributed by atoms with Gasteiger partial charge in [0, 0.05) is 5.56 Å². The summed E-state index contributed by atoms with van der Waals surface area (Å²) in [5, 5.41) is 2.20. The second-order valence-corrected chi connectivity index (χ2v) is 4.94. The van der Waals surface area contributed by atoms with E-state index in [1.54, 1.807) is 0 Å². The molecule has 0 bridgehead atoms. The first-order chi connectivity index (χ1) is 11.5. The van der Waals surface area contributed by atoms with Gasteiger partial charge < -0.3 is 10.1 Å². The molecule has 0 saturated carbocycles. The van der Waals surface area contributed by atoms with Crippen LogP contribution in [-0.4, -0.2) is 13.0 Å². The number of alkyl halides is 6. The molecule has 0 radical (unpaired) electrons. The average molecular weight is 363 g/mol. The van der Waals surface area contributed by atoms with Gasteiger partial charge in [0.15, 0.2) is 0 Å². The molecule has 0 atom stereocenters. The van der Waals surface area contributed by atoms with E-state index in [9.17, 15) is 31.1 Å². The predicted octanol–water partition coefficient (Wildman–Crippen LogP) is 4.99. The van der Waals surface area contributed by atoms with Crippen molar-refractivity contribution in [1.82, 2.24) is 0 Å². The van der Waals surface area contributed by atoms with E-state index in [1.165, 1.54) is 7.11 Å². The molecule has 0 aliphatic heterocycles. The predicted molar refractivity (Wildman–Crippen MR) is 77.4 cm³/mol. The summed E-state index contributed by atoms with van der Waals surface area (Å²) < 4.78 is 80.7. The van der Waals surface area contributed by atoms with Gasteiger partial charge in [-0.1, -0.05) is 0 Å². The first kappa shape index (κ1) is 18.6. The van der Waals surface area contributed by atoms with Crippen LogP contribution in [0.25, 0.3) is 0 Å². The van der Waals surface area contributed by atoms with Gasteiger partial charge in [-0.25, -0.2) is 0 Å². The number of hydrogen-bond donors (Lipinski definition) is 1. The van der Waals surface area contributed by atoms with Crippen molar-refractivity contribution >= 4 is 11.6 Å². The maximum Gasteiger partial charge on any atom is 0.416 e. The van der Waals surface area contributed by atoms with Crippen LogP contribution in [0.5, 0.6) is 5.75 Å². The highest BCUT2D eigenvalue weighted by atomic mass is 19.4. The van der Waals surface area contributed by atoms with Gasteiger partial charge in [0.2, 0.25) is 0 Å². The summed E-state index contributed by atoms with van der Waals surface area (Å²) in [5.74, 6) is -0.889. The standard InChI is InChI=1S/C16H11F6NO2/c1-25-13-7-6-11(16(20,21)22)8-12(13)23-14(24)9-2-4-10(5-3-9)15(17,18)19/h2-8H,1H3,(H,23,24). The van der Waals surface area contributed by atoms with Gasteiger partial charge in [-0.15, -0.1) is 0 Å². The zero-order chi connectivity index (χ0) is 18.8. The zero-order valence-corrected chi connectivity index (χ0v) is 12.6. The number of benzene rings is 2. The Labute approximate surface area is 138 Å². The number of rotatable bonds is 3. The monoisotopic (exact) mass is 363 g/mol. The van der Waals surface area contributed by atoms with E-state index in [1.807, 2.05) is 0 Å². The number of halogens is 6. The number of nitrogens with one attached hydrogen (secondary N) is 1. The maximum absolute atomic E-state index is 12.8. The Balaban J connectivity index is 2.28. The third kappa shape index (κ3) is 4.43. The van der Waals surface area contributed by atoms with Crippen molar-refractivity contribution in [2.75, 3.05) is 12.4 Å². The van der Waals surface area contributed by atoms with Crippen LogP contribution in [0.2, 0.25) is 0 Å². The van der Waals surface area contributed by atoms with Gasteiger partial charge in [0.05, 0.1) is 23.9 Å². The maximum atomic E-state index is 12.8. The Hall–Kier alpha value is -2.71. The van der Waals surface area contributed by atoms with E-state index in [-0.39, 0.29) is 17.0 Å². The third-order valence-corrected chi connectivity index (χ3v) is 3.25. The van der Waals surface area contributed by atoms with Crippen LogP contribution in [0.3, 0.4) is 0 Å². The molecule has 2 aromatic rings. The van der Waals surface area contributed by atoms with E-state index in [0.29, 0.717) is 18.2 Å². The van der Waals surface area contributed by atoms with Crippen LogP contribution in [-0.2, 0) is 12.4 Å². The van der Waals surface area contributed by atoms with Gasteiger partial charge in [-0.05, 0) is 42.5 Å². The lowest BCUT2D eigenvalue weighted by atomic mass is 10.1. The van der Waals surface area contributed by atoms with E-state index in [2.05, 4.69) is 5.32 Å². The minimum Gasteiger partial charge on any atom is -0.495 e. The van der Waals surface area contributed by atoms with Crippen molar-refractivity contribution in [1.29, 1.82) is 0 Å². The molecule has 1 N–H and O–H groups in total. The number of amides is 1. The van der Waals surface area contributed by atoms with Crippen LogP contribution in [0.1, 0.15) is 21.5 Å². The molecule has 0 aliphatic rings. The Kier molecular flexibility index (Phi) is 4.96. The molecule has 0 saturated heterocycles. The molecule has 0 aliphatic carbocycles. The first-order valence-corrected chi connectivity index (χ1v) is 6.76. The van der Waals surface area contributed by atoms with Crippen LogP contribution < -0.4 is 10.1 Å². The molecular weight excluding hydrogens is 352 g/mol. The number of carbonyl (C=O) groups is 1. The van der Waals surface area contributed by atoms with E-state index in [0.717, 1.165) is 24.3 Å². The fourth-order valence-corrected chi connectivity index (χ4v) is 1.99. The van der Waals surface area contributed by atoms with E-state index in [4.69, 9.17) is 4.74 Å². The largest absolute Gasteiger partial charge is 0.495 e. The second kappa shape index (κ2) is 6.66. The lowest BCUT2D eigenvalue weighted by Gasteiger charge is -2.14. The number of carbonyl (C=O) groups excluding carboxylic acids is 1. The Morgan fingerprint density at radius 3 is 1.88 bits per heavy atom. The topological polar surface area (TPSA) is 38.3 Å². The van der Waals surface area contributed by atoms with Gasteiger partial charge >= 0.3 is 12.4 Å². The second-order valence-electron chi connectivity index (χ2n) is 4.94. The minimum atomic E-state index is -4.62. The number of anilines is 1. The van der Waals surface area contributed by atoms with Crippen LogP contribution in [0.15, 0.2) is 42.5 Å². The van der Waals surface area contributed by atoms with Crippen molar-refractivity contribution in [2.24, 2.45) is 0 Å². The zero-order valence-electron chi connectivity index (χ0n) is 12.6. The third-order valence-electron chi connectivity index (χ3n) is 3.25. The van der Waals surface area contributed by atoms with Crippen molar-refractivity contribution in [3.8, 4) is 5.75 Å². The normalized spacial score (nSPS) is 12.0. The van der Waals surface area contributed by atoms with Crippen LogP contribution in [0.4, 0.5) is 32.0 Å². The number of methoxy groups -OCH3 is 1. The molecule has 0 fully saturated rings. The highest BCUT2D eigenvalue weighted by Gasteiger charge is 2.32. The van der Waals surface area contributed by atoms with E-state index >= 15 is 0 Å². The Morgan fingerprint density at radius 2 is 1.40 bits per heavy atom. The summed E-state index contributed by atoms with van der Waals surface area (Å²) in [6.45, 7) is 0. The molecule has 0 aromatic heterocycles. The average Bonchev–Trinajstić information content (AvgIpc) is 2.53. The van der Waals surface area contributed by atoms with Crippen molar-refractivity contribution in [3.05, 3.63) is 59.2 Å². The molecule has 0 spiro atoms. The molecule has 134 valence electrons. The van der Waals surface area contributed by atoms with Crippen molar-refractivity contribution in [2.45, 2.75) is 12.4 Å². The Bertz CT molecular complexity index is 766. The molecule has 1 amide bonds. The highest BCUT2D eigenvalue weighted by molar-refractivity contribution is 6.05. The Morgan fingerprint density at radius 1 is 0.880 bits per heavy atom. The first-order valence-electron chi connectivity index (χ1n) is 6.76. The quantitative estimate of drug-likeness (QED) is 0.781. The molecule has 25 heavy (non-hydrogen) atoms. The summed E-state index contributed by atoms with van der Waals surface area (Å²) in [5.41, 5.74) is -2.34. The summed E-state index contributed by atoms with van der Waals surface area (Å²) >= 11 is 0. The van der Waals surface area contributed by atoms with E-state index < -0.39 is 29.4 Å². The molecule has 2 aromatic carbocycles. The van der Waals surface area contributed by atoms with Crippen molar-refractivity contribution in [3.63, 3.8) is 0 Å².